The zero-order valence-electron chi connectivity index (χ0n) is 18.2. The van der Waals surface area contributed by atoms with Crippen LogP contribution < -0.4 is 26.8 Å². The number of aromatic nitrogens is 4. The van der Waals surface area contributed by atoms with Gasteiger partial charge in [-0.1, -0.05) is 6.92 Å². The van der Waals surface area contributed by atoms with E-state index in [9.17, 15) is 9.18 Å². The van der Waals surface area contributed by atoms with Crippen molar-refractivity contribution >= 4 is 23.2 Å². The number of carbonyl (C=O) groups excluding carboxylic acids is 1. The van der Waals surface area contributed by atoms with Crippen molar-refractivity contribution in [1.29, 1.82) is 0 Å². The molecule has 0 fully saturated rings. The Morgan fingerprint density at radius 3 is 2.69 bits per heavy atom. The molecule has 10 nitrogen and oxygen atoms in total. The van der Waals surface area contributed by atoms with Crippen LogP contribution in [-0.2, 0) is 0 Å². The van der Waals surface area contributed by atoms with Crippen LogP contribution >= 0.6 is 0 Å². The highest BCUT2D eigenvalue weighted by atomic mass is 19.1. The molecule has 6 N–H and O–H groups in total. The number of rotatable bonds is 10. The molecule has 0 aliphatic heterocycles. The molecule has 0 aliphatic carbocycles. The van der Waals surface area contributed by atoms with Gasteiger partial charge in [-0.25, -0.2) is 19.0 Å². The number of anilines is 3. The summed E-state index contributed by atoms with van der Waals surface area (Å²) in [6, 6.07) is 4.10. The van der Waals surface area contributed by atoms with Gasteiger partial charge in [0.05, 0.1) is 24.1 Å². The summed E-state index contributed by atoms with van der Waals surface area (Å²) in [6.45, 7) is 6.02. The molecule has 3 aromatic rings. The Morgan fingerprint density at radius 1 is 1.31 bits per heavy atom. The fourth-order valence-electron chi connectivity index (χ4n) is 3.12. The first-order valence-corrected chi connectivity index (χ1v) is 10.3. The molecule has 1 amide bonds. The summed E-state index contributed by atoms with van der Waals surface area (Å²) in [6.07, 6.45) is 5.55. The summed E-state index contributed by atoms with van der Waals surface area (Å²) >= 11 is 0. The number of primary amides is 1. The molecule has 0 spiro atoms. The van der Waals surface area contributed by atoms with Gasteiger partial charge in [-0.3, -0.25) is 4.79 Å². The lowest BCUT2D eigenvalue weighted by molar-refractivity contribution is 0.100. The summed E-state index contributed by atoms with van der Waals surface area (Å²) in [7, 11) is 0. The maximum atomic E-state index is 14.6. The quantitative estimate of drug-likeness (QED) is 0.375. The van der Waals surface area contributed by atoms with Crippen LogP contribution in [0.3, 0.4) is 0 Å². The van der Waals surface area contributed by atoms with E-state index in [1.54, 1.807) is 29.2 Å². The largest absolute Gasteiger partial charge is 0.476 e. The standard InChI is InChI=1S/C21H27FN8O2/c1-4-16(12(3)23)28-20-15(22)10-14(18(24)31)19(29-20)27-13-9-17(30-8-6-7-26-30)21(25-11-13)32-5-2/h6-12,16H,4-5,23H2,1-3H3,(H2,24,31)(H2,27,28,29)/t12-,16+/m0/s1. The van der Waals surface area contributed by atoms with Crippen LogP contribution in [0.25, 0.3) is 5.69 Å². The van der Waals surface area contributed by atoms with E-state index in [0.717, 1.165) is 6.07 Å². The normalized spacial score (nSPS) is 12.8. The van der Waals surface area contributed by atoms with E-state index in [2.05, 4.69) is 25.7 Å². The fourth-order valence-corrected chi connectivity index (χ4v) is 3.12. The second-order valence-corrected chi connectivity index (χ2v) is 7.15. The molecule has 0 saturated heterocycles. The Labute approximate surface area is 185 Å². The van der Waals surface area contributed by atoms with Gasteiger partial charge in [0, 0.05) is 24.5 Å². The minimum atomic E-state index is -0.823. The van der Waals surface area contributed by atoms with Crippen LogP contribution in [0.5, 0.6) is 5.88 Å². The summed E-state index contributed by atoms with van der Waals surface area (Å²) in [4.78, 5) is 20.5. The number of nitrogens with zero attached hydrogens (tertiary/aromatic N) is 4. The third kappa shape index (κ3) is 5.11. The summed E-state index contributed by atoms with van der Waals surface area (Å²) < 4.78 is 21.8. The monoisotopic (exact) mass is 442 g/mol. The van der Waals surface area contributed by atoms with E-state index in [1.807, 2.05) is 20.8 Å². The Balaban J connectivity index is 2.01. The van der Waals surface area contributed by atoms with Gasteiger partial charge < -0.3 is 26.8 Å². The van der Waals surface area contributed by atoms with Crippen molar-refractivity contribution in [3.8, 4) is 11.6 Å². The van der Waals surface area contributed by atoms with Crippen LogP contribution in [0, 0.1) is 5.82 Å². The molecule has 0 bridgehead atoms. The van der Waals surface area contributed by atoms with Gasteiger partial charge in [-0.15, -0.1) is 0 Å². The van der Waals surface area contributed by atoms with Crippen molar-refractivity contribution in [2.75, 3.05) is 17.2 Å². The lowest BCUT2D eigenvalue weighted by Crippen LogP contribution is -2.38. The third-order valence-corrected chi connectivity index (χ3v) is 4.77. The molecule has 2 atom stereocenters. The minimum absolute atomic E-state index is 0.0344. The molecule has 0 unspecified atom stereocenters. The second-order valence-electron chi connectivity index (χ2n) is 7.15. The molecule has 170 valence electrons. The summed E-state index contributed by atoms with van der Waals surface area (Å²) in [5.41, 5.74) is 12.4. The highest BCUT2D eigenvalue weighted by Crippen LogP contribution is 2.28. The number of nitrogens with two attached hydrogens (primary N) is 2. The fraction of sp³-hybridized carbons (Fsp3) is 0.333. The highest BCUT2D eigenvalue weighted by molar-refractivity contribution is 5.98. The van der Waals surface area contributed by atoms with E-state index >= 15 is 0 Å². The number of ether oxygens (including phenoxy) is 1. The lowest BCUT2D eigenvalue weighted by atomic mass is 10.1. The van der Waals surface area contributed by atoms with Gasteiger partial charge in [0.25, 0.3) is 5.91 Å². The number of pyridine rings is 2. The molecule has 3 rings (SSSR count). The number of nitrogens with one attached hydrogen (secondary N) is 2. The zero-order valence-corrected chi connectivity index (χ0v) is 18.2. The Morgan fingerprint density at radius 2 is 2.09 bits per heavy atom. The minimum Gasteiger partial charge on any atom is -0.476 e. The lowest BCUT2D eigenvalue weighted by Gasteiger charge is -2.22. The molecular weight excluding hydrogens is 415 g/mol. The zero-order chi connectivity index (χ0) is 23.3. The van der Waals surface area contributed by atoms with E-state index in [1.165, 1.54) is 6.20 Å². The first kappa shape index (κ1) is 22.9. The van der Waals surface area contributed by atoms with Crippen LogP contribution in [0.15, 0.2) is 36.8 Å². The van der Waals surface area contributed by atoms with Gasteiger partial charge in [-0.2, -0.15) is 5.10 Å². The van der Waals surface area contributed by atoms with Gasteiger partial charge >= 0.3 is 0 Å². The maximum absolute atomic E-state index is 14.6. The number of hydrogen-bond donors (Lipinski definition) is 4. The molecular formula is C21H27FN8O2. The summed E-state index contributed by atoms with van der Waals surface area (Å²) in [5, 5.41) is 10.2. The van der Waals surface area contributed by atoms with E-state index in [-0.39, 0.29) is 29.3 Å². The number of hydrogen-bond acceptors (Lipinski definition) is 8. The molecule has 0 aromatic carbocycles. The topological polar surface area (TPSA) is 146 Å². The van der Waals surface area contributed by atoms with Gasteiger partial charge in [-0.05, 0) is 38.5 Å². The van der Waals surface area contributed by atoms with Crippen molar-refractivity contribution in [1.82, 2.24) is 19.7 Å². The molecule has 11 heteroatoms. The van der Waals surface area contributed by atoms with Crippen molar-refractivity contribution in [3.05, 3.63) is 48.2 Å². The first-order valence-electron chi connectivity index (χ1n) is 10.3. The van der Waals surface area contributed by atoms with E-state index < -0.39 is 11.7 Å². The average molecular weight is 442 g/mol. The number of amides is 1. The van der Waals surface area contributed by atoms with Crippen LogP contribution in [0.1, 0.15) is 37.6 Å². The van der Waals surface area contributed by atoms with Crippen molar-refractivity contribution in [2.45, 2.75) is 39.3 Å². The SMILES string of the molecule is CCOc1ncc(Nc2nc(N[C@H](CC)[C@H](C)N)c(F)cc2C(N)=O)cc1-n1cccn1. The average Bonchev–Trinajstić information content (AvgIpc) is 3.29. The van der Waals surface area contributed by atoms with Gasteiger partial charge in [0.1, 0.15) is 11.5 Å². The van der Waals surface area contributed by atoms with Crippen molar-refractivity contribution in [2.24, 2.45) is 11.5 Å². The molecule has 0 aliphatic rings. The van der Waals surface area contributed by atoms with E-state index in [0.29, 0.717) is 30.3 Å². The number of carbonyl (C=O) groups is 1. The Bertz CT molecular complexity index is 1070. The predicted molar refractivity (Wildman–Crippen MR) is 120 cm³/mol. The van der Waals surface area contributed by atoms with E-state index in [4.69, 9.17) is 16.2 Å². The van der Waals surface area contributed by atoms with Gasteiger partial charge in [0.2, 0.25) is 5.88 Å². The van der Waals surface area contributed by atoms with Crippen LogP contribution in [0.2, 0.25) is 0 Å². The second kappa shape index (κ2) is 10.1. The Kier molecular flexibility index (Phi) is 7.21. The molecule has 3 heterocycles. The predicted octanol–water partition coefficient (Wildman–Crippen LogP) is 2.58. The highest BCUT2D eigenvalue weighted by Gasteiger charge is 2.20. The van der Waals surface area contributed by atoms with Crippen molar-refractivity contribution < 1.29 is 13.9 Å². The summed E-state index contributed by atoms with van der Waals surface area (Å²) in [5.74, 6) is -1.10. The molecule has 32 heavy (non-hydrogen) atoms. The third-order valence-electron chi connectivity index (χ3n) is 4.77. The smallest absolute Gasteiger partial charge is 0.252 e. The molecule has 0 radical (unpaired) electrons. The number of halogens is 1. The van der Waals surface area contributed by atoms with Crippen molar-refractivity contribution in [3.63, 3.8) is 0 Å². The molecule has 3 aromatic heterocycles. The Hall–Kier alpha value is -3.73. The first-order chi connectivity index (χ1) is 15.3. The maximum Gasteiger partial charge on any atom is 0.252 e. The van der Waals surface area contributed by atoms with Crippen LogP contribution in [0.4, 0.5) is 21.7 Å². The van der Waals surface area contributed by atoms with Crippen LogP contribution in [-0.4, -0.2) is 44.3 Å². The molecule has 0 saturated carbocycles. The van der Waals surface area contributed by atoms with Gasteiger partial charge in [0.15, 0.2) is 11.6 Å².